The number of carbonyl (C=O) groups excluding carboxylic acids is 1. The van der Waals surface area contributed by atoms with Crippen LogP contribution < -0.4 is 10.5 Å². The van der Waals surface area contributed by atoms with Crippen LogP contribution in [0, 0.1) is 12.8 Å². The molecule has 0 aliphatic heterocycles. The van der Waals surface area contributed by atoms with Gasteiger partial charge in [0.05, 0.1) is 37.8 Å². The van der Waals surface area contributed by atoms with E-state index in [0.717, 1.165) is 54.6 Å². The van der Waals surface area contributed by atoms with Crippen LogP contribution >= 0.6 is 0 Å². The number of nitrogen functional groups attached to an aromatic ring is 1. The Labute approximate surface area is 194 Å². The fourth-order valence-electron chi connectivity index (χ4n) is 5.11. The fourth-order valence-corrected chi connectivity index (χ4v) is 5.11. The molecule has 4 rings (SSSR count). The zero-order chi connectivity index (χ0) is 23.4. The number of hydrogen-bond donors (Lipinski definition) is 2. The first-order chi connectivity index (χ1) is 16.0. The molecular formula is C25H32N4O4. The van der Waals surface area contributed by atoms with Crippen LogP contribution in [-0.2, 0) is 9.53 Å². The highest BCUT2D eigenvalue weighted by Crippen LogP contribution is 2.43. The predicted molar refractivity (Wildman–Crippen MR) is 126 cm³/mol. The Balaban J connectivity index is 1.68. The van der Waals surface area contributed by atoms with Crippen molar-refractivity contribution in [3.8, 4) is 5.88 Å². The topological polar surface area (TPSA) is 120 Å². The van der Waals surface area contributed by atoms with Gasteiger partial charge in [0.1, 0.15) is 0 Å². The molecule has 1 fully saturated rings. The molecule has 2 aliphatic carbocycles. The minimum absolute atomic E-state index is 0.0475. The number of methoxy groups -OCH3 is 1. The van der Waals surface area contributed by atoms with E-state index < -0.39 is 0 Å². The van der Waals surface area contributed by atoms with Crippen molar-refractivity contribution in [2.24, 2.45) is 5.92 Å². The zero-order valence-electron chi connectivity index (χ0n) is 19.3. The molecule has 33 heavy (non-hydrogen) atoms. The number of pyridine rings is 1. The minimum Gasteiger partial charge on any atom is -0.481 e. The van der Waals surface area contributed by atoms with Crippen LogP contribution in [0.4, 0.5) is 5.95 Å². The van der Waals surface area contributed by atoms with Crippen molar-refractivity contribution in [3.05, 3.63) is 40.8 Å². The maximum absolute atomic E-state index is 13.3. The van der Waals surface area contributed by atoms with Crippen LogP contribution in [0.2, 0.25) is 0 Å². The molecule has 0 amide bonds. The lowest BCUT2D eigenvalue weighted by Crippen LogP contribution is -2.28. The first-order valence-corrected chi connectivity index (χ1v) is 11.6. The van der Waals surface area contributed by atoms with Crippen molar-refractivity contribution in [2.45, 2.75) is 57.5 Å². The summed E-state index contributed by atoms with van der Waals surface area (Å²) < 4.78 is 10.9. The van der Waals surface area contributed by atoms with Gasteiger partial charge in [0.25, 0.3) is 0 Å². The number of anilines is 1. The number of allylic oxidation sites excluding steroid dienone is 1. The summed E-state index contributed by atoms with van der Waals surface area (Å²) in [7, 11) is 1.57. The third-order valence-electron chi connectivity index (χ3n) is 6.79. The highest BCUT2D eigenvalue weighted by molar-refractivity contribution is 6.25. The first kappa shape index (κ1) is 23.3. The van der Waals surface area contributed by atoms with Crippen LogP contribution in [0.3, 0.4) is 0 Å². The normalized spacial score (nSPS) is 24.9. The number of nitrogens with two attached hydrogens (primary N) is 1. The standard InChI is InChI=1S/C25H32N4O4/c1-15-20-13-21(17-5-10-23(32-2)27-14-17)22(31)9-8-19(24(20)29-25(26)28-15)16-3-6-18(7-4-16)33-12-11-30/h5,10,13-14,16,18-19,30H,3-4,6-9,11-12H2,1-2H3,(H2,26,28,29)/b21-13-. The lowest BCUT2D eigenvalue weighted by molar-refractivity contribution is -0.114. The maximum atomic E-state index is 13.3. The Bertz CT molecular complexity index is 1010. The highest BCUT2D eigenvalue weighted by Gasteiger charge is 2.33. The summed E-state index contributed by atoms with van der Waals surface area (Å²) in [4.78, 5) is 26.6. The number of Topliss-reactive ketones (excluding diaryl/α,β-unsaturated/α-hetero) is 1. The second kappa shape index (κ2) is 10.4. The van der Waals surface area contributed by atoms with Crippen LogP contribution in [0.25, 0.3) is 11.6 Å². The number of hydrogen-bond acceptors (Lipinski definition) is 8. The number of aryl methyl sites for hydroxylation is 1. The van der Waals surface area contributed by atoms with Crippen molar-refractivity contribution < 1.29 is 19.4 Å². The summed E-state index contributed by atoms with van der Waals surface area (Å²) in [5.41, 5.74) is 10.0. The summed E-state index contributed by atoms with van der Waals surface area (Å²) in [6.07, 6.45) is 8.81. The molecule has 1 unspecified atom stereocenters. The summed E-state index contributed by atoms with van der Waals surface area (Å²) in [6.45, 7) is 2.35. The number of aliphatic hydroxyl groups excluding tert-OH is 1. The third-order valence-corrected chi connectivity index (χ3v) is 6.79. The molecule has 176 valence electrons. The molecule has 0 spiro atoms. The van der Waals surface area contributed by atoms with Crippen molar-refractivity contribution in [3.63, 3.8) is 0 Å². The Kier molecular flexibility index (Phi) is 7.35. The fraction of sp³-hybridized carbons (Fsp3) is 0.520. The van der Waals surface area contributed by atoms with Crippen LogP contribution in [0.15, 0.2) is 18.3 Å². The Morgan fingerprint density at radius 3 is 2.61 bits per heavy atom. The van der Waals surface area contributed by atoms with E-state index in [1.165, 1.54) is 0 Å². The second-order valence-electron chi connectivity index (χ2n) is 8.81. The summed E-state index contributed by atoms with van der Waals surface area (Å²) in [6, 6.07) is 3.62. The van der Waals surface area contributed by atoms with Gasteiger partial charge in [-0.15, -0.1) is 0 Å². The quantitative estimate of drug-likeness (QED) is 0.685. The Morgan fingerprint density at radius 2 is 1.94 bits per heavy atom. The van der Waals surface area contributed by atoms with E-state index in [2.05, 4.69) is 9.97 Å². The molecule has 1 saturated carbocycles. The van der Waals surface area contributed by atoms with Crippen LogP contribution in [0.5, 0.6) is 5.88 Å². The van der Waals surface area contributed by atoms with E-state index in [1.54, 1.807) is 19.4 Å². The minimum atomic E-state index is 0.0475. The molecule has 1 atom stereocenters. The summed E-state index contributed by atoms with van der Waals surface area (Å²) in [5.74, 6) is 1.40. The van der Waals surface area contributed by atoms with Crippen molar-refractivity contribution in [1.29, 1.82) is 0 Å². The number of rotatable bonds is 6. The van der Waals surface area contributed by atoms with Crippen LogP contribution in [0.1, 0.15) is 67.0 Å². The third kappa shape index (κ3) is 5.23. The molecule has 8 nitrogen and oxygen atoms in total. The molecule has 0 radical (unpaired) electrons. The monoisotopic (exact) mass is 452 g/mol. The van der Waals surface area contributed by atoms with E-state index in [0.29, 0.717) is 30.4 Å². The van der Waals surface area contributed by atoms with Gasteiger partial charge in [0.2, 0.25) is 11.8 Å². The van der Waals surface area contributed by atoms with E-state index >= 15 is 0 Å². The molecule has 2 heterocycles. The molecule has 2 aliphatic rings. The number of fused-ring (bicyclic) bond motifs is 1. The molecule has 3 N–H and O–H groups in total. The van der Waals surface area contributed by atoms with Crippen molar-refractivity contribution >= 4 is 23.4 Å². The Hall–Kier alpha value is -2.84. The second-order valence-corrected chi connectivity index (χ2v) is 8.81. The van der Waals surface area contributed by atoms with Gasteiger partial charge in [-0.05, 0) is 57.1 Å². The van der Waals surface area contributed by atoms with Crippen molar-refractivity contribution in [2.75, 3.05) is 26.1 Å². The van der Waals surface area contributed by atoms with E-state index in [9.17, 15) is 4.79 Å². The van der Waals surface area contributed by atoms with E-state index in [-0.39, 0.29) is 30.4 Å². The number of aliphatic hydroxyl groups is 1. The average Bonchev–Trinajstić information content (AvgIpc) is 2.82. The molecule has 8 heteroatoms. The maximum Gasteiger partial charge on any atom is 0.220 e. The predicted octanol–water partition coefficient (Wildman–Crippen LogP) is 3.33. The van der Waals surface area contributed by atoms with Gasteiger partial charge >= 0.3 is 0 Å². The average molecular weight is 453 g/mol. The number of ether oxygens (including phenoxy) is 2. The number of aromatic nitrogens is 3. The van der Waals surface area contributed by atoms with Gasteiger partial charge in [-0.2, -0.15) is 0 Å². The van der Waals surface area contributed by atoms with Gasteiger partial charge in [-0.3, -0.25) is 4.79 Å². The lowest BCUT2D eigenvalue weighted by atomic mass is 9.73. The number of carbonyl (C=O) groups is 1. The SMILES string of the molecule is COc1ccc(/C2=C/c3c(C)nc(N)nc3C(C3CCC(OCCO)CC3)CCC2=O)cn1. The van der Waals surface area contributed by atoms with Gasteiger partial charge < -0.3 is 20.3 Å². The summed E-state index contributed by atoms with van der Waals surface area (Å²) in [5, 5.41) is 9.03. The Morgan fingerprint density at radius 1 is 1.15 bits per heavy atom. The van der Waals surface area contributed by atoms with Gasteiger partial charge in [-0.1, -0.05) is 0 Å². The molecule has 2 aromatic heterocycles. The molecule has 0 aromatic carbocycles. The number of ketones is 1. The lowest BCUT2D eigenvalue weighted by Gasteiger charge is -2.35. The first-order valence-electron chi connectivity index (χ1n) is 11.6. The smallest absolute Gasteiger partial charge is 0.220 e. The molecule has 0 saturated heterocycles. The molecule has 0 bridgehead atoms. The van der Waals surface area contributed by atoms with Gasteiger partial charge in [-0.25, -0.2) is 15.0 Å². The highest BCUT2D eigenvalue weighted by atomic mass is 16.5. The zero-order valence-corrected chi connectivity index (χ0v) is 19.3. The van der Waals surface area contributed by atoms with Crippen LogP contribution in [-0.4, -0.2) is 52.3 Å². The van der Waals surface area contributed by atoms with E-state index in [1.807, 2.05) is 19.1 Å². The summed E-state index contributed by atoms with van der Waals surface area (Å²) >= 11 is 0. The van der Waals surface area contributed by atoms with Crippen molar-refractivity contribution in [1.82, 2.24) is 15.0 Å². The largest absolute Gasteiger partial charge is 0.481 e. The molecule has 2 aromatic rings. The number of nitrogens with zero attached hydrogens (tertiary/aromatic N) is 3. The van der Waals surface area contributed by atoms with Gasteiger partial charge in [0, 0.05) is 41.3 Å². The molecular weight excluding hydrogens is 420 g/mol. The van der Waals surface area contributed by atoms with E-state index in [4.69, 9.17) is 25.3 Å². The van der Waals surface area contributed by atoms with Gasteiger partial charge in [0.15, 0.2) is 5.78 Å².